The summed E-state index contributed by atoms with van der Waals surface area (Å²) in [7, 11) is 0. The van der Waals surface area contributed by atoms with Gasteiger partial charge < -0.3 is 15.2 Å². The first-order valence-corrected chi connectivity index (χ1v) is 5.58. The van der Waals surface area contributed by atoms with E-state index in [2.05, 4.69) is 15.1 Å². The third kappa shape index (κ3) is 1.75. The molecule has 0 saturated carbocycles. The van der Waals surface area contributed by atoms with Gasteiger partial charge in [0, 0.05) is 17.4 Å². The highest BCUT2D eigenvalue weighted by molar-refractivity contribution is 5.64. The van der Waals surface area contributed by atoms with E-state index in [0.29, 0.717) is 17.4 Å². The van der Waals surface area contributed by atoms with Crippen LogP contribution in [0.1, 0.15) is 5.56 Å². The van der Waals surface area contributed by atoms with Gasteiger partial charge in [-0.2, -0.15) is 4.98 Å². The maximum atomic E-state index is 5.86. The molecule has 2 heterocycles. The van der Waals surface area contributed by atoms with Crippen molar-refractivity contribution in [3.05, 3.63) is 42.1 Å². The van der Waals surface area contributed by atoms with Gasteiger partial charge in [-0.15, -0.1) is 0 Å². The zero-order valence-electron chi connectivity index (χ0n) is 9.84. The lowest BCUT2D eigenvalue weighted by Gasteiger charge is -2.00. The number of nitrogen functional groups attached to an aromatic ring is 1. The second-order valence-corrected chi connectivity index (χ2v) is 4.08. The molecule has 0 bridgehead atoms. The predicted octanol–water partition coefficient (Wildman–Crippen LogP) is 2.62. The summed E-state index contributed by atoms with van der Waals surface area (Å²) in [4.78, 5) is 7.36. The van der Waals surface area contributed by atoms with Crippen LogP contribution >= 0.6 is 0 Å². The average Bonchev–Trinajstić information content (AvgIpc) is 3.01. The molecule has 0 aliphatic rings. The molecule has 3 N–H and O–H groups in total. The Balaban J connectivity index is 2.00. The largest absolute Gasteiger partial charge is 0.398 e. The number of nitrogens with two attached hydrogens (primary N) is 1. The highest BCUT2D eigenvalue weighted by atomic mass is 16.5. The monoisotopic (exact) mass is 240 g/mol. The van der Waals surface area contributed by atoms with Crippen molar-refractivity contribution in [1.29, 1.82) is 0 Å². The molecular formula is C13H12N4O. The molecule has 0 atom stereocenters. The number of hydrogen-bond acceptors (Lipinski definition) is 4. The van der Waals surface area contributed by atoms with Gasteiger partial charge in [0.1, 0.15) is 0 Å². The highest BCUT2D eigenvalue weighted by Crippen LogP contribution is 2.24. The van der Waals surface area contributed by atoms with Gasteiger partial charge in [-0.1, -0.05) is 11.2 Å². The molecule has 0 amide bonds. The predicted molar refractivity (Wildman–Crippen MR) is 68.7 cm³/mol. The molecule has 0 aliphatic carbocycles. The van der Waals surface area contributed by atoms with Crippen molar-refractivity contribution in [2.24, 2.45) is 0 Å². The molecule has 1 aromatic carbocycles. The van der Waals surface area contributed by atoms with Gasteiger partial charge in [0.05, 0.1) is 5.69 Å². The number of rotatable bonds is 2. The summed E-state index contributed by atoms with van der Waals surface area (Å²) in [6.07, 6.45) is 1.81. The lowest BCUT2D eigenvalue weighted by molar-refractivity contribution is 0.432. The fraction of sp³-hybridized carbons (Fsp3) is 0.0769. The van der Waals surface area contributed by atoms with Gasteiger partial charge in [-0.25, -0.2) is 0 Å². The topological polar surface area (TPSA) is 80.7 Å². The second kappa shape index (κ2) is 4.03. The summed E-state index contributed by atoms with van der Waals surface area (Å²) < 4.78 is 5.23. The van der Waals surface area contributed by atoms with Crippen LogP contribution < -0.4 is 5.73 Å². The van der Waals surface area contributed by atoms with Crippen molar-refractivity contribution in [2.75, 3.05) is 5.73 Å². The lowest BCUT2D eigenvalue weighted by atomic mass is 10.1. The Morgan fingerprint density at radius 2 is 2.17 bits per heavy atom. The zero-order chi connectivity index (χ0) is 12.5. The Kier molecular flexibility index (Phi) is 2.37. The number of nitrogens with zero attached hydrogens (tertiary/aromatic N) is 2. The van der Waals surface area contributed by atoms with Gasteiger partial charge in [0.2, 0.25) is 5.82 Å². The molecular weight excluding hydrogens is 228 g/mol. The van der Waals surface area contributed by atoms with E-state index in [1.807, 2.05) is 43.5 Å². The molecule has 3 aromatic rings. The Morgan fingerprint density at radius 3 is 2.89 bits per heavy atom. The third-order valence-electron chi connectivity index (χ3n) is 2.79. The molecule has 90 valence electrons. The smallest absolute Gasteiger partial charge is 0.258 e. The van der Waals surface area contributed by atoms with Crippen LogP contribution in [-0.2, 0) is 0 Å². The van der Waals surface area contributed by atoms with E-state index >= 15 is 0 Å². The summed E-state index contributed by atoms with van der Waals surface area (Å²) in [5.74, 6) is 1.00. The number of benzene rings is 1. The Morgan fingerprint density at radius 1 is 1.28 bits per heavy atom. The fourth-order valence-electron chi connectivity index (χ4n) is 1.69. The molecule has 0 spiro atoms. The second-order valence-electron chi connectivity index (χ2n) is 4.08. The summed E-state index contributed by atoms with van der Waals surface area (Å²) >= 11 is 0. The summed E-state index contributed by atoms with van der Waals surface area (Å²) in [6.45, 7) is 1.96. The minimum absolute atomic E-state index is 0.464. The fourth-order valence-corrected chi connectivity index (χ4v) is 1.69. The van der Waals surface area contributed by atoms with Gasteiger partial charge >= 0.3 is 0 Å². The molecule has 2 aromatic heterocycles. The maximum Gasteiger partial charge on any atom is 0.258 e. The Bertz CT molecular complexity index is 670. The summed E-state index contributed by atoms with van der Waals surface area (Å²) in [6, 6.07) is 9.45. The van der Waals surface area contributed by atoms with Crippen LogP contribution in [0.5, 0.6) is 0 Å². The normalized spacial score (nSPS) is 10.7. The minimum Gasteiger partial charge on any atom is -0.398 e. The van der Waals surface area contributed by atoms with E-state index < -0.39 is 0 Å². The summed E-state index contributed by atoms with van der Waals surface area (Å²) in [5.41, 5.74) is 9.26. The molecule has 18 heavy (non-hydrogen) atoms. The quantitative estimate of drug-likeness (QED) is 0.675. The first-order valence-electron chi connectivity index (χ1n) is 5.58. The van der Waals surface area contributed by atoms with Crippen LogP contribution in [0.4, 0.5) is 5.69 Å². The minimum atomic E-state index is 0.464. The van der Waals surface area contributed by atoms with E-state index in [1.165, 1.54) is 0 Å². The number of aromatic amines is 1. The first-order chi connectivity index (χ1) is 8.74. The molecule has 0 unspecified atom stereocenters. The molecule has 0 saturated heterocycles. The maximum absolute atomic E-state index is 5.86. The van der Waals surface area contributed by atoms with E-state index in [0.717, 1.165) is 16.8 Å². The SMILES string of the molecule is Cc1ccc(-c2nc(-c3ccc[nH]3)no2)cc1N. The van der Waals surface area contributed by atoms with Crippen molar-refractivity contribution in [1.82, 2.24) is 15.1 Å². The Hall–Kier alpha value is -2.56. The number of hydrogen-bond donors (Lipinski definition) is 2. The van der Waals surface area contributed by atoms with Crippen molar-refractivity contribution >= 4 is 5.69 Å². The molecule has 0 aliphatic heterocycles. The number of aromatic nitrogens is 3. The van der Waals surface area contributed by atoms with Gasteiger partial charge in [-0.05, 0) is 36.8 Å². The zero-order valence-corrected chi connectivity index (χ0v) is 9.84. The number of anilines is 1. The molecule has 5 nitrogen and oxygen atoms in total. The standard InChI is InChI=1S/C13H12N4O/c1-8-4-5-9(7-10(8)14)13-16-12(17-18-13)11-3-2-6-15-11/h2-7,15H,14H2,1H3. The van der Waals surface area contributed by atoms with E-state index in [4.69, 9.17) is 10.3 Å². The highest BCUT2D eigenvalue weighted by Gasteiger charge is 2.11. The van der Waals surface area contributed by atoms with Crippen molar-refractivity contribution in [3.63, 3.8) is 0 Å². The van der Waals surface area contributed by atoms with Crippen LogP contribution in [0.2, 0.25) is 0 Å². The van der Waals surface area contributed by atoms with Gasteiger partial charge in [-0.3, -0.25) is 0 Å². The molecule has 0 radical (unpaired) electrons. The van der Waals surface area contributed by atoms with Crippen LogP contribution in [0.15, 0.2) is 41.1 Å². The van der Waals surface area contributed by atoms with Crippen molar-refractivity contribution < 1.29 is 4.52 Å². The molecule has 5 heteroatoms. The number of H-pyrrole nitrogens is 1. The molecule has 3 rings (SSSR count). The van der Waals surface area contributed by atoms with Gasteiger partial charge in [0.15, 0.2) is 0 Å². The van der Waals surface area contributed by atoms with Crippen LogP contribution in [0, 0.1) is 6.92 Å². The van der Waals surface area contributed by atoms with Crippen molar-refractivity contribution in [3.8, 4) is 23.0 Å². The number of nitrogens with one attached hydrogen (secondary N) is 1. The molecule has 0 fully saturated rings. The summed E-state index contributed by atoms with van der Waals surface area (Å²) in [5, 5.41) is 3.93. The van der Waals surface area contributed by atoms with Crippen LogP contribution in [-0.4, -0.2) is 15.1 Å². The van der Waals surface area contributed by atoms with E-state index in [1.54, 1.807) is 0 Å². The number of aryl methyl sites for hydroxylation is 1. The van der Waals surface area contributed by atoms with Crippen LogP contribution in [0.25, 0.3) is 23.0 Å². The lowest BCUT2D eigenvalue weighted by Crippen LogP contribution is -1.90. The van der Waals surface area contributed by atoms with E-state index in [-0.39, 0.29) is 0 Å². The Labute approximate surface area is 104 Å². The van der Waals surface area contributed by atoms with Crippen molar-refractivity contribution in [2.45, 2.75) is 6.92 Å². The first kappa shape index (κ1) is 10.6. The third-order valence-corrected chi connectivity index (χ3v) is 2.79. The van der Waals surface area contributed by atoms with Gasteiger partial charge in [0.25, 0.3) is 5.89 Å². The van der Waals surface area contributed by atoms with Crippen LogP contribution in [0.3, 0.4) is 0 Å². The average molecular weight is 240 g/mol. The van der Waals surface area contributed by atoms with E-state index in [9.17, 15) is 0 Å².